The highest BCUT2D eigenvalue weighted by atomic mass is 16.5. The lowest BCUT2D eigenvalue weighted by atomic mass is 9.94. The van der Waals surface area contributed by atoms with Gasteiger partial charge in [0.1, 0.15) is 19.3 Å². The van der Waals surface area contributed by atoms with Gasteiger partial charge in [0.2, 0.25) is 12.8 Å². The third kappa shape index (κ3) is 8.63. The number of hydrogen-bond donors (Lipinski definition) is 1. The molecule has 0 saturated heterocycles. The molecule has 2 fully saturated rings. The van der Waals surface area contributed by atoms with Crippen molar-refractivity contribution in [3.05, 3.63) is 59.7 Å². The number of nitrogens with two attached hydrogens (primary N) is 1. The molecule has 2 amide bonds. The van der Waals surface area contributed by atoms with E-state index in [0.717, 1.165) is 86.7 Å². The van der Waals surface area contributed by atoms with Crippen molar-refractivity contribution in [2.24, 2.45) is 5.73 Å². The molecule has 1 atom stereocenters. The molecule has 2 aliphatic carbocycles. The molecule has 2 aliphatic rings. The van der Waals surface area contributed by atoms with E-state index >= 15 is 0 Å². The van der Waals surface area contributed by atoms with E-state index in [9.17, 15) is 19.2 Å². The highest BCUT2D eigenvalue weighted by Gasteiger charge is 2.24. The van der Waals surface area contributed by atoms with Gasteiger partial charge in [-0.25, -0.2) is 0 Å². The Kier molecular flexibility index (Phi) is 11.3. The van der Waals surface area contributed by atoms with Gasteiger partial charge >= 0.3 is 11.9 Å². The van der Waals surface area contributed by atoms with Crippen LogP contribution in [0.2, 0.25) is 0 Å². The zero-order valence-corrected chi connectivity index (χ0v) is 23.6. The second-order valence-corrected chi connectivity index (χ2v) is 11.0. The zero-order valence-electron chi connectivity index (χ0n) is 23.6. The number of benzene rings is 2. The van der Waals surface area contributed by atoms with Crippen LogP contribution in [0.25, 0.3) is 0 Å². The molecule has 0 unspecified atom stereocenters. The van der Waals surface area contributed by atoms with Gasteiger partial charge < -0.3 is 25.0 Å². The molecule has 41 heavy (non-hydrogen) atoms. The topological polar surface area (TPSA) is 119 Å². The van der Waals surface area contributed by atoms with Crippen molar-refractivity contribution in [3.63, 3.8) is 0 Å². The Morgan fingerprint density at radius 2 is 1.22 bits per heavy atom. The third-order valence-electron chi connectivity index (χ3n) is 8.05. The average Bonchev–Trinajstić information content (AvgIpc) is 3.01. The van der Waals surface area contributed by atoms with E-state index in [1.54, 1.807) is 9.80 Å². The number of rotatable bonds is 13. The van der Waals surface area contributed by atoms with Crippen molar-refractivity contribution in [1.82, 2.24) is 0 Å². The number of ether oxygens (including phenoxy) is 2. The molecule has 220 valence electrons. The molecule has 0 bridgehead atoms. The lowest BCUT2D eigenvalue weighted by Gasteiger charge is -2.31. The molecule has 2 aromatic carbocycles. The van der Waals surface area contributed by atoms with Gasteiger partial charge in [0.25, 0.3) is 0 Å². The Labute approximate surface area is 242 Å². The van der Waals surface area contributed by atoms with Gasteiger partial charge in [-0.2, -0.15) is 0 Å². The van der Waals surface area contributed by atoms with Crippen molar-refractivity contribution in [2.45, 2.75) is 102 Å². The van der Waals surface area contributed by atoms with Crippen LogP contribution in [0.4, 0.5) is 11.4 Å². The van der Waals surface area contributed by atoms with Crippen LogP contribution in [0.3, 0.4) is 0 Å². The van der Waals surface area contributed by atoms with E-state index in [4.69, 9.17) is 15.2 Å². The number of carbonyl (C=O) groups excluding carboxylic acids is 4. The highest BCUT2D eigenvalue weighted by Crippen LogP contribution is 2.28. The maximum absolute atomic E-state index is 12.5. The molecule has 0 radical (unpaired) electrons. The van der Waals surface area contributed by atoms with Crippen LogP contribution in [0.5, 0.6) is 0 Å². The number of carbonyl (C=O) groups is 4. The second-order valence-electron chi connectivity index (χ2n) is 11.0. The van der Waals surface area contributed by atoms with Gasteiger partial charge in [0, 0.05) is 23.5 Å². The Bertz CT molecular complexity index is 1180. The predicted octanol–water partition coefficient (Wildman–Crippen LogP) is 4.78. The summed E-state index contributed by atoms with van der Waals surface area (Å²) in [6.45, 7) is -0.0133. The smallest absolute Gasteiger partial charge is 0.323 e. The third-order valence-corrected chi connectivity index (χ3v) is 8.05. The standard InChI is InChI=1S/C32H41N3O6/c33-30(32(39)41-21-25-10-8-16-29(18-25)35(23-37)27-13-5-2-6-14-27)19-31(38)40-20-24-9-7-15-28(17-24)34(22-36)26-11-3-1-4-12-26/h7-10,15-18,22-23,26-27,30H,1-6,11-14,19-21,33H2/t30-/m0/s1. The van der Waals surface area contributed by atoms with Gasteiger partial charge in [-0.05, 0) is 61.1 Å². The van der Waals surface area contributed by atoms with Crippen LogP contribution in [-0.2, 0) is 41.9 Å². The summed E-state index contributed by atoms with van der Waals surface area (Å²) in [5.74, 6) is -1.32. The first-order valence-corrected chi connectivity index (χ1v) is 14.7. The Morgan fingerprint density at radius 1 is 0.756 bits per heavy atom. The normalized spacial score (nSPS) is 16.8. The fourth-order valence-electron chi connectivity index (χ4n) is 5.79. The molecule has 2 N–H and O–H groups in total. The lowest BCUT2D eigenvalue weighted by Crippen LogP contribution is -2.36. The van der Waals surface area contributed by atoms with E-state index in [0.29, 0.717) is 0 Å². The van der Waals surface area contributed by atoms with Gasteiger partial charge in [0.05, 0.1) is 6.42 Å². The molecule has 2 aromatic rings. The minimum absolute atomic E-state index is 0.00677. The van der Waals surface area contributed by atoms with Gasteiger partial charge in [-0.3, -0.25) is 19.2 Å². The maximum atomic E-state index is 12.5. The lowest BCUT2D eigenvalue weighted by molar-refractivity contribution is -0.153. The van der Waals surface area contributed by atoms with Crippen molar-refractivity contribution in [3.8, 4) is 0 Å². The molecule has 0 heterocycles. The van der Waals surface area contributed by atoms with Gasteiger partial charge in [0.15, 0.2) is 0 Å². The monoisotopic (exact) mass is 563 g/mol. The maximum Gasteiger partial charge on any atom is 0.323 e. The van der Waals surface area contributed by atoms with Crippen LogP contribution in [-0.4, -0.2) is 42.9 Å². The quantitative estimate of drug-likeness (QED) is 0.275. The van der Waals surface area contributed by atoms with Crippen LogP contribution in [0.1, 0.15) is 81.8 Å². The second kappa shape index (κ2) is 15.3. The van der Waals surface area contributed by atoms with E-state index < -0.39 is 18.0 Å². The van der Waals surface area contributed by atoms with Crippen LogP contribution < -0.4 is 15.5 Å². The number of esters is 2. The van der Waals surface area contributed by atoms with Crippen molar-refractivity contribution in [2.75, 3.05) is 9.80 Å². The summed E-state index contributed by atoms with van der Waals surface area (Å²) < 4.78 is 10.7. The first-order chi connectivity index (χ1) is 20.0. The van der Waals surface area contributed by atoms with E-state index in [2.05, 4.69) is 0 Å². The number of hydrogen-bond acceptors (Lipinski definition) is 7. The fraction of sp³-hybridized carbons (Fsp3) is 0.500. The minimum atomic E-state index is -1.16. The molecule has 9 nitrogen and oxygen atoms in total. The summed E-state index contributed by atoms with van der Waals surface area (Å²) in [7, 11) is 0. The van der Waals surface area contributed by atoms with E-state index in [1.165, 1.54) is 12.8 Å². The first-order valence-electron chi connectivity index (χ1n) is 14.7. The van der Waals surface area contributed by atoms with Crippen molar-refractivity contribution in [1.29, 1.82) is 0 Å². The minimum Gasteiger partial charge on any atom is -0.461 e. The van der Waals surface area contributed by atoms with E-state index in [-0.39, 0.29) is 31.7 Å². The Hall–Kier alpha value is -3.72. The molecule has 2 saturated carbocycles. The molecule has 0 aromatic heterocycles. The van der Waals surface area contributed by atoms with Crippen molar-refractivity contribution >= 4 is 36.1 Å². The number of amides is 2. The molecular formula is C32H41N3O6. The summed E-state index contributed by atoms with van der Waals surface area (Å²) in [5, 5.41) is 0. The number of anilines is 2. The van der Waals surface area contributed by atoms with Crippen LogP contribution in [0.15, 0.2) is 48.5 Å². The summed E-state index contributed by atoms with van der Waals surface area (Å²) in [6, 6.07) is 13.9. The SMILES string of the molecule is N[C@@H](CC(=O)OCc1cccc(N(C=O)C2CCCCC2)c1)C(=O)OCc1cccc(N(C=O)C2CCCCC2)c1. The van der Waals surface area contributed by atoms with Crippen LogP contribution in [0, 0.1) is 0 Å². The summed E-state index contributed by atoms with van der Waals surface area (Å²) >= 11 is 0. The molecular weight excluding hydrogens is 522 g/mol. The Morgan fingerprint density at radius 3 is 1.68 bits per heavy atom. The van der Waals surface area contributed by atoms with E-state index in [1.807, 2.05) is 48.5 Å². The first kappa shape index (κ1) is 30.2. The van der Waals surface area contributed by atoms with Crippen molar-refractivity contribution < 1.29 is 28.7 Å². The summed E-state index contributed by atoms with van der Waals surface area (Å²) in [4.78, 5) is 52.0. The molecule has 0 spiro atoms. The molecule has 0 aliphatic heterocycles. The van der Waals surface area contributed by atoms with Crippen LogP contribution >= 0.6 is 0 Å². The molecule has 9 heteroatoms. The number of nitrogens with zero attached hydrogens (tertiary/aromatic N) is 2. The molecule has 4 rings (SSSR count). The Balaban J connectivity index is 1.24. The zero-order chi connectivity index (χ0) is 29.0. The average molecular weight is 564 g/mol. The largest absolute Gasteiger partial charge is 0.461 e. The van der Waals surface area contributed by atoms with Gasteiger partial charge in [-0.1, -0.05) is 62.8 Å². The fourth-order valence-corrected chi connectivity index (χ4v) is 5.79. The van der Waals surface area contributed by atoms with Gasteiger partial charge in [-0.15, -0.1) is 0 Å². The summed E-state index contributed by atoms with van der Waals surface area (Å²) in [5.41, 5.74) is 8.96. The highest BCUT2D eigenvalue weighted by molar-refractivity contribution is 5.82. The summed E-state index contributed by atoms with van der Waals surface area (Å²) in [6.07, 6.45) is 12.2. The predicted molar refractivity (Wildman–Crippen MR) is 156 cm³/mol.